The lowest BCUT2D eigenvalue weighted by Crippen LogP contribution is -2.23. The largest absolute Gasteiger partial charge is 0.378 e. The zero-order valence-electron chi connectivity index (χ0n) is 7.97. The summed E-state index contributed by atoms with van der Waals surface area (Å²) in [6.07, 6.45) is 2.07. The number of unbranched alkanes of at least 4 members (excludes halogenated alkanes) is 1. The van der Waals surface area contributed by atoms with E-state index < -0.39 is 0 Å². The van der Waals surface area contributed by atoms with Crippen molar-refractivity contribution in [2.45, 2.75) is 39.7 Å². The Kier molecular flexibility index (Phi) is 6.39. The number of carbonyl (C=O) groups excluding carboxylic acids is 1. The van der Waals surface area contributed by atoms with Crippen LogP contribution in [0.15, 0.2) is 0 Å². The summed E-state index contributed by atoms with van der Waals surface area (Å²) in [5.41, 5.74) is 0. The minimum absolute atomic E-state index is 0.0680. The molecule has 0 saturated carbocycles. The molecular weight excluding hydrogens is 176 g/mol. The Hall–Kier alpha value is -0.0800. The van der Waals surface area contributed by atoms with E-state index in [0.717, 1.165) is 12.8 Å². The fraction of sp³-hybridized carbons (Fsp3) is 0.889. The molecular formula is C9H17ClO2. The average molecular weight is 193 g/mol. The second-order valence-electron chi connectivity index (χ2n) is 3.02. The molecule has 2 nitrogen and oxygen atoms in total. The summed E-state index contributed by atoms with van der Waals surface area (Å²) in [5, 5.41) is -0.320. The Morgan fingerprint density at radius 2 is 2.08 bits per heavy atom. The van der Waals surface area contributed by atoms with Gasteiger partial charge in [-0.05, 0) is 24.9 Å². The van der Waals surface area contributed by atoms with E-state index in [9.17, 15) is 4.79 Å². The van der Waals surface area contributed by atoms with Crippen molar-refractivity contribution in [1.82, 2.24) is 0 Å². The van der Waals surface area contributed by atoms with E-state index in [-0.39, 0.29) is 17.3 Å². The highest BCUT2D eigenvalue weighted by atomic mass is 35.5. The van der Waals surface area contributed by atoms with Gasteiger partial charge in [-0.3, -0.25) is 4.79 Å². The van der Waals surface area contributed by atoms with Crippen LogP contribution in [-0.2, 0) is 9.53 Å². The van der Waals surface area contributed by atoms with Gasteiger partial charge >= 0.3 is 0 Å². The van der Waals surface area contributed by atoms with Gasteiger partial charge in [-0.1, -0.05) is 20.3 Å². The molecule has 0 N–H and O–H groups in total. The van der Waals surface area contributed by atoms with E-state index in [4.69, 9.17) is 16.3 Å². The van der Waals surface area contributed by atoms with Gasteiger partial charge in [-0.15, -0.1) is 0 Å². The lowest BCUT2D eigenvalue weighted by Gasteiger charge is -2.16. The second kappa shape index (κ2) is 6.44. The van der Waals surface area contributed by atoms with Crippen LogP contribution in [0.25, 0.3) is 0 Å². The fourth-order valence-corrected chi connectivity index (χ4v) is 0.920. The molecule has 0 radical (unpaired) electrons. The molecule has 12 heavy (non-hydrogen) atoms. The normalized spacial score (nSPS) is 15.7. The minimum atomic E-state index is -0.320. The molecule has 0 saturated heterocycles. The van der Waals surface area contributed by atoms with Gasteiger partial charge in [0.2, 0.25) is 5.24 Å². The third-order valence-corrected chi connectivity index (χ3v) is 2.28. The van der Waals surface area contributed by atoms with Crippen LogP contribution in [0.5, 0.6) is 0 Å². The molecule has 2 unspecified atom stereocenters. The summed E-state index contributed by atoms with van der Waals surface area (Å²) in [6, 6.07) is 0. The smallest absolute Gasteiger partial charge is 0.227 e. The predicted octanol–water partition coefficient (Wildman–Crippen LogP) is 2.59. The highest BCUT2D eigenvalue weighted by Crippen LogP contribution is 2.10. The molecule has 2 atom stereocenters. The first-order valence-electron chi connectivity index (χ1n) is 4.40. The first kappa shape index (κ1) is 11.9. The van der Waals surface area contributed by atoms with E-state index >= 15 is 0 Å². The summed E-state index contributed by atoms with van der Waals surface area (Å²) in [5.74, 6) is -0.205. The van der Waals surface area contributed by atoms with Crippen molar-refractivity contribution < 1.29 is 9.53 Å². The van der Waals surface area contributed by atoms with Crippen LogP contribution in [0.2, 0.25) is 0 Å². The van der Waals surface area contributed by atoms with Gasteiger partial charge in [-0.2, -0.15) is 0 Å². The molecule has 0 aromatic heterocycles. The first-order valence-corrected chi connectivity index (χ1v) is 4.78. The molecule has 0 aliphatic carbocycles. The van der Waals surface area contributed by atoms with E-state index in [0.29, 0.717) is 6.61 Å². The third kappa shape index (κ3) is 4.73. The Morgan fingerprint density at radius 3 is 2.50 bits per heavy atom. The van der Waals surface area contributed by atoms with E-state index in [1.807, 2.05) is 6.92 Å². The van der Waals surface area contributed by atoms with Gasteiger partial charge in [0.25, 0.3) is 0 Å². The highest BCUT2D eigenvalue weighted by Gasteiger charge is 2.18. The van der Waals surface area contributed by atoms with Gasteiger partial charge in [-0.25, -0.2) is 0 Å². The molecule has 0 bridgehead atoms. The van der Waals surface area contributed by atoms with Crippen molar-refractivity contribution in [1.29, 1.82) is 0 Å². The Morgan fingerprint density at radius 1 is 1.50 bits per heavy atom. The summed E-state index contributed by atoms with van der Waals surface area (Å²) in [7, 11) is 0. The number of ether oxygens (including phenoxy) is 1. The lowest BCUT2D eigenvalue weighted by molar-refractivity contribution is -0.118. The Bertz CT molecular complexity index is 136. The summed E-state index contributed by atoms with van der Waals surface area (Å²) < 4.78 is 5.40. The maximum atomic E-state index is 10.7. The monoisotopic (exact) mass is 192 g/mol. The van der Waals surface area contributed by atoms with Crippen LogP contribution in [0.4, 0.5) is 0 Å². The first-order chi connectivity index (χ1) is 5.59. The van der Waals surface area contributed by atoms with Gasteiger partial charge in [0, 0.05) is 6.61 Å². The van der Waals surface area contributed by atoms with E-state index in [1.165, 1.54) is 0 Å². The molecule has 0 aromatic carbocycles. The maximum absolute atomic E-state index is 10.7. The van der Waals surface area contributed by atoms with Crippen LogP contribution >= 0.6 is 11.6 Å². The van der Waals surface area contributed by atoms with Crippen molar-refractivity contribution in [2.24, 2.45) is 5.92 Å². The summed E-state index contributed by atoms with van der Waals surface area (Å²) >= 11 is 5.32. The third-order valence-electron chi connectivity index (χ3n) is 1.94. The number of halogens is 1. The molecule has 0 aliphatic heterocycles. The quantitative estimate of drug-likeness (QED) is 0.478. The van der Waals surface area contributed by atoms with Crippen molar-refractivity contribution in [2.75, 3.05) is 6.61 Å². The average Bonchev–Trinajstić information content (AvgIpc) is 2.03. The molecule has 0 rings (SSSR count). The zero-order valence-corrected chi connectivity index (χ0v) is 8.73. The van der Waals surface area contributed by atoms with Gasteiger partial charge in [0.05, 0.1) is 12.0 Å². The molecule has 0 fully saturated rings. The van der Waals surface area contributed by atoms with Crippen LogP contribution in [0.3, 0.4) is 0 Å². The second-order valence-corrected chi connectivity index (χ2v) is 3.39. The standard InChI is InChI=1S/C9H17ClO2/c1-4-5-6-12-8(3)7(2)9(10)11/h7-8H,4-6H2,1-3H3. The Balaban J connectivity index is 3.56. The summed E-state index contributed by atoms with van der Waals surface area (Å²) in [6.45, 7) is 6.48. The molecule has 0 aliphatic rings. The number of carbonyl (C=O) groups is 1. The number of hydrogen-bond donors (Lipinski definition) is 0. The lowest BCUT2D eigenvalue weighted by atomic mass is 10.1. The highest BCUT2D eigenvalue weighted by molar-refractivity contribution is 6.64. The molecule has 0 heterocycles. The predicted molar refractivity (Wildman–Crippen MR) is 50.3 cm³/mol. The maximum Gasteiger partial charge on any atom is 0.227 e. The molecule has 0 spiro atoms. The molecule has 72 valence electrons. The van der Waals surface area contributed by atoms with Crippen LogP contribution in [0.1, 0.15) is 33.6 Å². The van der Waals surface area contributed by atoms with Crippen molar-refractivity contribution in [3.8, 4) is 0 Å². The molecule has 0 amide bonds. The van der Waals surface area contributed by atoms with Crippen molar-refractivity contribution in [3.05, 3.63) is 0 Å². The van der Waals surface area contributed by atoms with Gasteiger partial charge < -0.3 is 4.74 Å². The number of hydrogen-bond acceptors (Lipinski definition) is 2. The Labute approximate surface area is 79.2 Å². The fourth-order valence-electron chi connectivity index (χ4n) is 0.742. The van der Waals surface area contributed by atoms with Crippen molar-refractivity contribution in [3.63, 3.8) is 0 Å². The number of rotatable bonds is 6. The zero-order chi connectivity index (χ0) is 9.56. The van der Waals surface area contributed by atoms with Crippen LogP contribution < -0.4 is 0 Å². The van der Waals surface area contributed by atoms with Gasteiger partial charge in [0.15, 0.2) is 0 Å². The van der Waals surface area contributed by atoms with Gasteiger partial charge in [0.1, 0.15) is 0 Å². The van der Waals surface area contributed by atoms with Crippen molar-refractivity contribution >= 4 is 16.8 Å². The molecule has 3 heteroatoms. The topological polar surface area (TPSA) is 26.3 Å². The van der Waals surface area contributed by atoms with Crippen LogP contribution in [-0.4, -0.2) is 18.0 Å². The van der Waals surface area contributed by atoms with Crippen LogP contribution in [0, 0.1) is 5.92 Å². The van der Waals surface area contributed by atoms with E-state index in [1.54, 1.807) is 6.92 Å². The molecule has 0 aromatic rings. The minimum Gasteiger partial charge on any atom is -0.378 e. The summed E-state index contributed by atoms with van der Waals surface area (Å²) in [4.78, 5) is 10.7. The SMILES string of the molecule is CCCCOC(C)C(C)C(=O)Cl. The van der Waals surface area contributed by atoms with E-state index in [2.05, 4.69) is 6.92 Å².